The highest BCUT2D eigenvalue weighted by molar-refractivity contribution is 5.48. The van der Waals surface area contributed by atoms with E-state index in [1.807, 2.05) is 6.20 Å². The van der Waals surface area contributed by atoms with E-state index in [1.165, 1.54) is 11.1 Å². The van der Waals surface area contributed by atoms with Crippen LogP contribution in [0.1, 0.15) is 25.0 Å². The van der Waals surface area contributed by atoms with Crippen LogP contribution in [-0.4, -0.2) is 48.6 Å². The van der Waals surface area contributed by atoms with E-state index < -0.39 is 0 Å². The average molecular weight is 262 g/mol. The van der Waals surface area contributed by atoms with Crippen molar-refractivity contribution >= 4 is 5.82 Å². The molecule has 2 heterocycles. The van der Waals surface area contributed by atoms with E-state index in [9.17, 15) is 0 Å². The highest BCUT2D eigenvalue weighted by Gasteiger charge is 2.23. The van der Waals surface area contributed by atoms with E-state index in [1.54, 1.807) is 0 Å². The average Bonchev–Trinajstić information content (AvgIpc) is 2.39. The fraction of sp³-hybridized carbons (Fsp3) is 0.667. The highest BCUT2D eigenvalue weighted by Crippen LogP contribution is 2.21. The summed E-state index contributed by atoms with van der Waals surface area (Å²) in [5, 5.41) is 0. The second-order valence-corrected chi connectivity index (χ2v) is 5.45. The fourth-order valence-electron chi connectivity index (χ4n) is 2.92. The number of piperazine rings is 1. The van der Waals surface area contributed by atoms with Crippen molar-refractivity contribution in [3.05, 3.63) is 23.4 Å². The molecule has 1 aliphatic heterocycles. The van der Waals surface area contributed by atoms with Gasteiger partial charge in [-0.1, -0.05) is 13.0 Å². The molecule has 1 aromatic rings. The standard InChI is InChI=1S/C15H26N4/c1-4-18-7-8-19(11-13(18)3)15-12(2)9-14(5-6-16)10-17-15/h9-10,13H,4-8,11,16H2,1-3H3. The first kappa shape index (κ1) is 14.3. The van der Waals surface area contributed by atoms with Crippen LogP contribution < -0.4 is 10.6 Å². The van der Waals surface area contributed by atoms with Crippen LogP contribution in [0.3, 0.4) is 0 Å². The lowest BCUT2D eigenvalue weighted by Crippen LogP contribution is -2.52. The highest BCUT2D eigenvalue weighted by atomic mass is 15.3. The van der Waals surface area contributed by atoms with E-state index in [0.29, 0.717) is 12.6 Å². The van der Waals surface area contributed by atoms with Crippen molar-refractivity contribution in [2.45, 2.75) is 33.2 Å². The number of aromatic nitrogens is 1. The molecule has 1 aromatic heterocycles. The molecule has 0 radical (unpaired) electrons. The molecule has 1 atom stereocenters. The van der Waals surface area contributed by atoms with Gasteiger partial charge >= 0.3 is 0 Å². The molecule has 0 aliphatic carbocycles. The van der Waals surface area contributed by atoms with E-state index in [0.717, 1.165) is 38.4 Å². The molecule has 1 saturated heterocycles. The second-order valence-electron chi connectivity index (χ2n) is 5.45. The van der Waals surface area contributed by atoms with Crippen LogP contribution >= 0.6 is 0 Å². The van der Waals surface area contributed by atoms with Crippen LogP contribution in [0.25, 0.3) is 0 Å². The summed E-state index contributed by atoms with van der Waals surface area (Å²) in [6.07, 6.45) is 2.89. The van der Waals surface area contributed by atoms with Crippen LogP contribution in [0.2, 0.25) is 0 Å². The van der Waals surface area contributed by atoms with Crippen molar-refractivity contribution in [2.75, 3.05) is 37.6 Å². The molecule has 1 aliphatic rings. The molecule has 4 nitrogen and oxygen atoms in total. The summed E-state index contributed by atoms with van der Waals surface area (Å²) in [6.45, 7) is 11.8. The van der Waals surface area contributed by atoms with Gasteiger partial charge in [0, 0.05) is 31.9 Å². The Kier molecular flexibility index (Phi) is 4.77. The number of nitrogens with zero attached hydrogens (tertiary/aromatic N) is 3. The summed E-state index contributed by atoms with van der Waals surface area (Å²) < 4.78 is 0. The summed E-state index contributed by atoms with van der Waals surface area (Å²) in [6, 6.07) is 2.83. The number of likely N-dealkylation sites (N-methyl/N-ethyl adjacent to an activating group) is 1. The van der Waals surface area contributed by atoms with Crippen molar-refractivity contribution in [3.63, 3.8) is 0 Å². The molecule has 19 heavy (non-hydrogen) atoms. The lowest BCUT2D eigenvalue weighted by atomic mass is 10.1. The third-order valence-electron chi connectivity index (χ3n) is 4.01. The van der Waals surface area contributed by atoms with Crippen LogP contribution in [0.4, 0.5) is 5.82 Å². The van der Waals surface area contributed by atoms with Crippen molar-refractivity contribution < 1.29 is 0 Å². The molecule has 2 rings (SSSR count). The van der Waals surface area contributed by atoms with Crippen molar-refractivity contribution in [1.29, 1.82) is 0 Å². The quantitative estimate of drug-likeness (QED) is 0.891. The summed E-state index contributed by atoms with van der Waals surface area (Å²) in [4.78, 5) is 9.60. The van der Waals surface area contributed by atoms with E-state index in [2.05, 4.69) is 41.6 Å². The maximum atomic E-state index is 5.60. The van der Waals surface area contributed by atoms with E-state index >= 15 is 0 Å². The second kappa shape index (κ2) is 6.35. The zero-order chi connectivity index (χ0) is 13.8. The van der Waals surface area contributed by atoms with E-state index in [-0.39, 0.29) is 0 Å². The lowest BCUT2D eigenvalue weighted by Gasteiger charge is -2.40. The minimum Gasteiger partial charge on any atom is -0.354 e. The zero-order valence-corrected chi connectivity index (χ0v) is 12.4. The topological polar surface area (TPSA) is 45.4 Å². The van der Waals surface area contributed by atoms with Gasteiger partial charge in [-0.05, 0) is 44.5 Å². The Morgan fingerprint density at radius 3 is 2.79 bits per heavy atom. The minimum atomic E-state index is 0.601. The van der Waals surface area contributed by atoms with Gasteiger partial charge in [0.05, 0.1) is 0 Å². The van der Waals surface area contributed by atoms with Gasteiger partial charge in [0.2, 0.25) is 0 Å². The molecule has 0 spiro atoms. The zero-order valence-electron chi connectivity index (χ0n) is 12.4. The summed E-state index contributed by atoms with van der Waals surface area (Å²) in [7, 11) is 0. The molecule has 0 amide bonds. The first-order chi connectivity index (χ1) is 9.15. The Bertz CT molecular complexity index is 419. The number of hydrogen-bond acceptors (Lipinski definition) is 4. The predicted molar refractivity (Wildman–Crippen MR) is 80.7 cm³/mol. The van der Waals surface area contributed by atoms with Gasteiger partial charge in [-0.15, -0.1) is 0 Å². The molecule has 0 aromatic carbocycles. The molecule has 1 fully saturated rings. The molecule has 106 valence electrons. The van der Waals surface area contributed by atoms with Gasteiger partial charge in [0.25, 0.3) is 0 Å². The number of nitrogens with two attached hydrogens (primary N) is 1. The summed E-state index contributed by atoms with van der Waals surface area (Å²) in [5.41, 5.74) is 8.10. The number of anilines is 1. The minimum absolute atomic E-state index is 0.601. The number of rotatable bonds is 4. The molecule has 1 unspecified atom stereocenters. The normalized spacial score (nSPS) is 20.8. The van der Waals surface area contributed by atoms with Crippen molar-refractivity contribution in [2.24, 2.45) is 5.73 Å². The molecular weight excluding hydrogens is 236 g/mol. The summed E-state index contributed by atoms with van der Waals surface area (Å²) in [5.74, 6) is 1.14. The number of pyridine rings is 1. The van der Waals surface area contributed by atoms with Gasteiger partial charge < -0.3 is 10.6 Å². The predicted octanol–water partition coefficient (Wildman–Crippen LogP) is 1.42. The Hall–Kier alpha value is -1.13. The van der Waals surface area contributed by atoms with Gasteiger partial charge in [-0.3, -0.25) is 4.90 Å². The Balaban J connectivity index is 2.10. The first-order valence-electron chi connectivity index (χ1n) is 7.30. The molecule has 0 saturated carbocycles. The Labute approximate surface area is 116 Å². The largest absolute Gasteiger partial charge is 0.354 e. The molecule has 4 heteroatoms. The van der Waals surface area contributed by atoms with Gasteiger partial charge in [0.15, 0.2) is 0 Å². The monoisotopic (exact) mass is 262 g/mol. The van der Waals surface area contributed by atoms with Gasteiger partial charge in [-0.2, -0.15) is 0 Å². The lowest BCUT2D eigenvalue weighted by molar-refractivity contribution is 0.199. The molecule has 0 bridgehead atoms. The third kappa shape index (κ3) is 3.25. The first-order valence-corrected chi connectivity index (χ1v) is 7.30. The summed E-state index contributed by atoms with van der Waals surface area (Å²) >= 11 is 0. The van der Waals surface area contributed by atoms with E-state index in [4.69, 9.17) is 5.73 Å². The van der Waals surface area contributed by atoms with Crippen LogP contribution in [0.5, 0.6) is 0 Å². The van der Waals surface area contributed by atoms with Gasteiger partial charge in [0.1, 0.15) is 5.82 Å². The maximum absolute atomic E-state index is 5.60. The maximum Gasteiger partial charge on any atom is 0.131 e. The van der Waals surface area contributed by atoms with Crippen LogP contribution in [0.15, 0.2) is 12.3 Å². The van der Waals surface area contributed by atoms with Crippen molar-refractivity contribution in [1.82, 2.24) is 9.88 Å². The Morgan fingerprint density at radius 1 is 1.42 bits per heavy atom. The van der Waals surface area contributed by atoms with Crippen LogP contribution in [0, 0.1) is 6.92 Å². The Morgan fingerprint density at radius 2 is 2.21 bits per heavy atom. The van der Waals surface area contributed by atoms with Crippen molar-refractivity contribution in [3.8, 4) is 0 Å². The smallest absolute Gasteiger partial charge is 0.131 e. The molecule has 2 N–H and O–H groups in total. The van der Waals surface area contributed by atoms with Gasteiger partial charge in [-0.25, -0.2) is 4.98 Å². The molecular formula is C15H26N4. The fourth-order valence-corrected chi connectivity index (χ4v) is 2.92. The van der Waals surface area contributed by atoms with Crippen LogP contribution in [-0.2, 0) is 6.42 Å². The number of hydrogen-bond donors (Lipinski definition) is 1. The SMILES string of the molecule is CCN1CCN(c2ncc(CCN)cc2C)CC1C. The number of aryl methyl sites for hydroxylation is 1. The third-order valence-corrected chi connectivity index (χ3v) is 4.01.